The van der Waals surface area contributed by atoms with E-state index in [1.807, 2.05) is 152 Å². The Hall–Kier alpha value is -0.568. The largest absolute Gasteiger partial charge is 4.00 e. The normalized spacial score (nSPS) is 8.00. The SMILES string of the molecule is C.C.[CH2-]c1ccccc1.[CH2-]c1ccccc1.[CH2-]c1ccccc1.[CH2-]c1ccccc1.[CH2-]c1ccccc1.[Cl-].[Cl][Zr]([Cl])([Cl])[Cl].[Mg+2].[Zr+4]. The fourth-order valence-electron chi connectivity index (χ4n) is 2.39. The molecule has 0 N–H and O–H groups in total. The van der Waals surface area contributed by atoms with Gasteiger partial charge in [0.15, 0.2) is 0 Å². The van der Waals surface area contributed by atoms with Crippen LogP contribution in [-0.2, 0) is 41.7 Å². The van der Waals surface area contributed by atoms with Crippen molar-refractivity contribution in [2.24, 2.45) is 0 Å². The molecule has 0 saturated carbocycles. The zero-order valence-corrected chi connectivity index (χ0v) is 34.2. The van der Waals surface area contributed by atoms with E-state index in [4.69, 9.17) is 34.1 Å². The van der Waals surface area contributed by atoms with Crippen molar-refractivity contribution in [3.05, 3.63) is 214 Å². The Bertz CT molecular complexity index is 989. The smallest absolute Gasteiger partial charge is 2.00 e. The van der Waals surface area contributed by atoms with Gasteiger partial charge in [0.25, 0.3) is 0 Å². The summed E-state index contributed by atoms with van der Waals surface area (Å²) in [6.45, 7) is 18.6. The van der Waals surface area contributed by atoms with Crippen LogP contribution in [0.4, 0.5) is 0 Å². The van der Waals surface area contributed by atoms with Crippen LogP contribution in [0.5, 0.6) is 0 Å². The molecule has 0 aliphatic rings. The van der Waals surface area contributed by atoms with E-state index in [0.29, 0.717) is 0 Å². The van der Waals surface area contributed by atoms with Crippen LogP contribution in [0, 0.1) is 34.6 Å². The van der Waals surface area contributed by atoms with E-state index < -0.39 is 15.5 Å². The molecule has 5 rings (SSSR count). The predicted molar refractivity (Wildman–Crippen MR) is 197 cm³/mol. The van der Waals surface area contributed by atoms with Crippen molar-refractivity contribution in [1.82, 2.24) is 0 Å². The third kappa shape index (κ3) is 47.9. The molecule has 0 aliphatic carbocycles. The Labute approximate surface area is 335 Å². The zero-order valence-electron chi connectivity index (χ0n) is 24.1. The van der Waals surface area contributed by atoms with Crippen LogP contribution in [0.2, 0.25) is 0 Å². The summed E-state index contributed by atoms with van der Waals surface area (Å²) in [5, 5.41) is 0. The molecular weight excluding hydrogens is 828 g/mol. The maximum atomic E-state index is 5.04. The van der Waals surface area contributed by atoms with E-state index in [1.165, 1.54) is 0 Å². The first-order valence-electron chi connectivity index (χ1n) is 12.1. The van der Waals surface area contributed by atoms with Crippen LogP contribution in [0.15, 0.2) is 152 Å². The van der Waals surface area contributed by atoms with Crippen LogP contribution in [0.25, 0.3) is 0 Å². The second-order valence-electron chi connectivity index (χ2n) is 7.86. The van der Waals surface area contributed by atoms with Crippen LogP contribution in [0.1, 0.15) is 42.7 Å². The third-order valence-electron chi connectivity index (χ3n) is 4.21. The van der Waals surface area contributed by atoms with E-state index in [1.54, 1.807) is 0 Å². The molecule has 0 bridgehead atoms. The Morgan fingerprint density at radius 1 is 0.333 bits per heavy atom. The first kappa shape index (κ1) is 56.7. The molecule has 0 atom stereocenters. The minimum absolute atomic E-state index is 0. The fourth-order valence-corrected chi connectivity index (χ4v) is 2.39. The molecule has 0 aliphatic heterocycles. The average molecular weight is 872 g/mol. The molecular formula is C37H43Cl5MgZr2. The van der Waals surface area contributed by atoms with Crippen LogP contribution < -0.4 is 12.4 Å². The van der Waals surface area contributed by atoms with Crippen molar-refractivity contribution in [2.45, 2.75) is 14.9 Å². The van der Waals surface area contributed by atoms with Crippen LogP contribution in [-0.4, -0.2) is 23.1 Å². The van der Waals surface area contributed by atoms with Gasteiger partial charge < -0.3 is 12.4 Å². The van der Waals surface area contributed by atoms with Gasteiger partial charge in [0, 0.05) is 0 Å². The number of rotatable bonds is 0. The van der Waals surface area contributed by atoms with Gasteiger partial charge in [-0.05, 0) is 0 Å². The van der Waals surface area contributed by atoms with E-state index in [0.717, 1.165) is 27.8 Å². The van der Waals surface area contributed by atoms with Gasteiger partial charge in [-0.3, -0.25) is 0 Å². The van der Waals surface area contributed by atoms with Crippen molar-refractivity contribution < 1.29 is 54.1 Å². The van der Waals surface area contributed by atoms with Gasteiger partial charge in [0.1, 0.15) is 0 Å². The molecule has 0 unspecified atom stereocenters. The summed E-state index contributed by atoms with van der Waals surface area (Å²) in [5.41, 5.74) is 5.36. The second kappa shape index (κ2) is 37.9. The van der Waals surface area contributed by atoms with E-state index >= 15 is 0 Å². The standard InChI is InChI=1S/5C7H7.2CH4.5ClH.Mg.2Zr/c5*1-7-5-3-2-4-6-7;;;;;;;;;;/h5*2-6H,1H2;2*1H4;5*1H;;;/q5*-1;;;;;;;;+2;2*+4/p-5. The summed E-state index contributed by atoms with van der Waals surface area (Å²) in [5.74, 6) is 0. The van der Waals surface area contributed by atoms with Crippen molar-refractivity contribution in [3.8, 4) is 0 Å². The quantitative estimate of drug-likeness (QED) is 0.108. The Morgan fingerprint density at radius 2 is 0.422 bits per heavy atom. The Morgan fingerprint density at radius 3 is 0.467 bits per heavy atom. The van der Waals surface area contributed by atoms with Gasteiger partial charge in [-0.15, -0.1) is 60.7 Å². The predicted octanol–water partition coefficient (Wildman–Crippen LogP) is 9.99. The van der Waals surface area contributed by atoms with Crippen molar-refractivity contribution in [3.63, 3.8) is 0 Å². The van der Waals surface area contributed by atoms with Gasteiger partial charge in [-0.25, -0.2) is 0 Å². The molecule has 0 radical (unpaired) electrons. The Balaban J connectivity index is -0.0000000996. The van der Waals surface area contributed by atoms with Gasteiger partial charge in [0.05, 0.1) is 0 Å². The summed E-state index contributed by atoms with van der Waals surface area (Å²) in [4.78, 5) is 0. The summed E-state index contributed by atoms with van der Waals surface area (Å²) in [7, 11) is 20.1. The Kier molecular flexibility index (Phi) is 47.8. The van der Waals surface area contributed by atoms with Crippen LogP contribution >= 0.6 is 34.1 Å². The third-order valence-corrected chi connectivity index (χ3v) is 4.21. The first-order chi connectivity index (χ1) is 19.0. The molecule has 0 aromatic heterocycles. The van der Waals surface area contributed by atoms with E-state index in [-0.39, 0.29) is 76.5 Å². The van der Waals surface area contributed by atoms with Crippen molar-refractivity contribution in [1.29, 1.82) is 0 Å². The van der Waals surface area contributed by atoms with Crippen molar-refractivity contribution >= 4 is 57.1 Å². The van der Waals surface area contributed by atoms with Gasteiger partial charge in [0.2, 0.25) is 0 Å². The first-order valence-corrected chi connectivity index (χ1v) is 24.7. The summed E-state index contributed by atoms with van der Waals surface area (Å²) < 4.78 is 0. The monoisotopic (exact) mass is 866 g/mol. The molecule has 236 valence electrons. The molecule has 5 aromatic carbocycles. The van der Waals surface area contributed by atoms with Gasteiger partial charge in [-0.1, -0.05) is 45.2 Å². The minimum Gasteiger partial charge on any atom is 2.00 e. The number of hydrogen-bond acceptors (Lipinski definition) is 0. The number of hydrogen-bond donors (Lipinski definition) is 0. The average Bonchev–Trinajstić information content (AvgIpc) is 2.92. The maximum absolute atomic E-state index is 5.04. The molecule has 5 aromatic rings. The van der Waals surface area contributed by atoms with Crippen LogP contribution in [0.3, 0.4) is 0 Å². The summed E-state index contributed by atoms with van der Waals surface area (Å²) >= 11 is -3.29. The van der Waals surface area contributed by atoms with E-state index in [2.05, 4.69) is 34.6 Å². The second-order valence-corrected chi connectivity index (χ2v) is 30.2. The molecule has 0 nitrogen and oxygen atoms in total. The molecule has 0 spiro atoms. The van der Waals surface area contributed by atoms with Gasteiger partial charge in [-0.2, -0.15) is 123 Å². The maximum Gasteiger partial charge on any atom is 4.00 e. The fraction of sp³-hybridized carbons (Fsp3) is 0.0541. The molecule has 0 fully saturated rings. The molecule has 8 heteroatoms. The van der Waals surface area contributed by atoms with Gasteiger partial charge >= 0.3 is 98.8 Å². The zero-order chi connectivity index (χ0) is 30.1. The topological polar surface area (TPSA) is 0 Å². The summed E-state index contributed by atoms with van der Waals surface area (Å²) in [6, 6.07) is 49.4. The molecule has 0 amide bonds. The van der Waals surface area contributed by atoms with E-state index in [9.17, 15) is 0 Å². The molecule has 45 heavy (non-hydrogen) atoms. The minimum atomic E-state index is -3.29. The van der Waals surface area contributed by atoms with Crippen molar-refractivity contribution in [2.75, 3.05) is 0 Å². The number of halogens is 5. The summed E-state index contributed by atoms with van der Waals surface area (Å²) in [6.07, 6.45) is 0. The molecule has 0 saturated heterocycles. The number of benzene rings is 5. The molecule has 0 heterocycles.